The molecular formula is C16H14Cl2O2. The molecule has 0 spiro atoms. The number of ketones is 1. The van der Waals surface area contributed by atoms with Gasteiger partial charge in [0, 0.05) is 16.5 Å². The third-order valence-electron chi connectivity index (χ3n) is 2.85. The number of para-hydroxylation sites is 1. The van der Waals surface area contributed by atoms with Crippen molar-refractivity contribution in [3.8, 4) is 5.75 Å². The van der Waals surface area contributed by atoms with Crippen LogP contribution in [0.4, 0.5) is 0 Å². The number of rotatable bonds is 5. The first-order chi connectivity index (χ1) is 9.61. The summed E-state index contributed by atoms with van der Waals surface area (Å²) in [6.45, 7) is 2.41. The number of hydrogen-bond donors (Lipinski definition) is 0. The van der Waals surface area contributed by atoms with Gasteiger partial charge in [0.2, 0.25) is 0 Å². The van der Waals surface area contributed by atoms with Gasteiger partial charge in [-0.1, -0.05) is 41.4 Å². The van der Waals surface area contributed by atoms with Crippen molar-refractivity contribution in [2.45, 2.75) is 13.3 Å². The van der Waals surface area contributed by atoms with E-state index in [0.717, 1.165) is 5.56 Å². The highest BCUT2D eigenvalue weighted by atomic mass is 35.5. The van der Waals surface area contributed by atoms with Gasteiger partial charge in [-0.3, -0.25) is 4.79 Å². The number of carbonyl (C=O) groups is 1. The van der Waals surface area contributed by atoms with Crippen LogP contribution in [0.25, 0.3) is 0 Å². The average Bonchev–Trinajstić information content (AvgIpc) is 2.43. The van der Waals surface area contributed by atoms with Crippen molar-refractivity contribution in [1.82, 2.24) is 0 Å². The molecule has 0 aliphatic heterocycles. The second kappa shape index (κ2) is 6.78. The summed E-state index contributed by atoms with van der Waals surface area (Å²) in [7, 11) is 0. The van der Waals surface area contributed by atoms with Crippen LogP contribution < -0.4 is 4.74 Å². The molecule has 0 N–H and O–H groups in total. The number of Topliss-reactive ketones (excluding diaryl/α,β-unsaturated/α-hetero) is 1. The molecule has 20 heavy (non-hydrogen) atoms. The van der Waals surface area contributed by atoms with Gasteiger partial charge in [0.15, 0.2) is 5.78 Å². The monoisotopic (exact) mass is 308 g/mol. The summed E-state index contributed by atoms with van der Waals surface area (Å²) in [5.41, 5.74) is 1.33. The van der Waals surface area contributed by atoms with Gasteiger partial charge in [-0.05, 0) is 36.8 Å². The minimum absolute atomic E-state index is 0.0294. The summed E-state index contributed by atoms with van der Waals surface area (Å²) in [6.07, 6.45) is 0.222. The van der Waals surface area contributed by atoms with E-state index in [1.807, 2.05) is 19.1 Å². The first-order valence-corrected chi connectivity index (χ1v) is 7.06. The fourth-order valence-corrected chi connectivity index (χ4v) is 2.39. The van der Waals surface area contributed by atoms with Crippen molar-refractivity contribution in [3.05, 3.63) is 63.6 Å². The van der Waals surface area contributed by atoms with E-state index in [2.05, 4.69) is 0 Å². The fourth-order valence-electron chi connectivity index (χ4n) is 1.91. The molecule has 104 valence electrons. The quantitative estimate of drug-likeness (QED) is 0.740. The lowest BCUT2D eigenvalue weighted by Crippen LogP contribution is -2.07. The lowest BCUT2D eigenvalue weighted by molar-refractivity contribution is 0.0989. The molecule has 2 aromatic carbocycles. The summed E-state index contributed by atoms with van der Waals surface area (Å²) in [5, 5.41) is 1.06. The second-order valence-corrected chi connectivity index (χ2v) is 5.11. The van der Waals surface area contributed by atoms with Gasteiger partial charge in [0.1, 0.15) is 5.75 Å². The number of halogens is 2. The van der Waals surface area contributed by atoms with Crippen LogP contribution >= 0.6 is 23.2 Å². The van der Waals surface area contributed by atoms with Gasteiger partial charge in [0.25, 0.3) is 0 Å². The minimum Gasteiger partial charge on any atom is -0.493 e. The maximum Gasteiger partial charge on any atom is 0.171 e. The third-order valence-corrected chi connectivity index (χ3v) is 3.44. The molecule has 0 bridgehead atoms. The van der Waals surface area contributed by atoms with Crippen molar-refractivity contribution in [2.24, 2.45) is 0 Å². The van der Waals surface area contributed by atoms with E-state index in [1.54, 1.807) is 30.3 Å². The van der Waals surface area contributed by atoms with Gasteiger partial charge >= 0.3 is 0 Å². The molecule has 0 heterocycles. The van der Waals surface area contributed by atoms with Crippen LogP contribution in [0.2, 0.25) is 10.0 Å². The maximum atomic E-state index is 12.4. The van der Waals surface area contributed by atoms with Crippen LogP contribution in [-0.2, 0) is 6.42 Å². The molecule has 4 heteroatoms. The molecule has 0 atom stereocenters. The van der Waals surface area contributed by atoms with Crippen LogP contribution in [0.15, 0.2) is 42.5 Å². The summed E-state index contributed by atoms with van der Waals surface area (Å²) >= 11 is 11.9. The molecule has 0 unspecified atom stereocenters. The first-order valence-electron chi connectivity index (χ1n) is 6.30. The lowest BCUT2D eigenvalue weighted by atomic mass is 10.0. The topological polar surface area (TPSA) is 26.3 Å². The van der Waals surface area contributed by atoms with E-state index >= 15 is 0 Å². The fraction of sp³-hybridized carbons (Fsp3) is 0.188. The zero-order valence-electron chi connectivity index (χ0n) is 11.0. The molecule has 2 nitrogen and oxygen atoms in total. The first kappa shape index (κ1) is 14.9. The molecule has 2 aromatic rings. The zero-order valence-corrected chi connectivity index (χ0v) is 12.5. The van der Waals surface area contributed by atoms with Gasteiger partial charge < -0.3 is 4.74 Å². The molecule has 0 aliphatic rings. The van der Waals surface area contributed by atoms with Crippen LogP contribution in [0.3, 0.4) is 0 Å². The molecule has 0 aliphatic carbocycles. The normalized spacial score (nSPS) is 10.3. The van der Waals surface area contributed by atoms with E-state index < -0.39 is 0 Å². The molecule has 0 amide bonds. The highest BCUT2D eigenvalue weighted by molar-refractivity contribution is 6.35. The Hall–Kier alpha value is -1.51. The molecule has 2 rings (SSSR count). The Morgan fingerprint density at radius 3 is 2.60 bits per heavy atom. The third kappa shape index (κ3) is 3.53. The van der Waals surface area contributed by atoms with Crippen molar-refractivity contribution in [1.29, 1.82) is 0 Å². The summed E-state index contributed by atoms with van der Waals surface area (Å²) in [6, 6.07) is 12.4. The van der Waals surface area contributed by atoms with Crippen LogP contribution in [0.1, 0.15) is 22.8 Å². The second-order valence-electron chi connectivity index (χ2n) is 4.26. The van der Waals surface area contributed by atoms with E-state index in [4.69, 9.17) is 27.9 Å². The van der Waals surface area contributed by atoms with E-state index in [0.29, 0.717) is 28.0 Å². The smallest absolute Gasteiger partial charge is 0.171 e. The number of benzene rings is 2. The highest BCUT2D eigenvalue weighted by Crippen LogP contribution is 2.25. The van der Waals surface area contributed by atoms with E-state index in [-0.39, 0.29) is 12.2 Å². The lowest BCUT2D eigenvalue weighted by Gasteiger charge is -2.09. The van der Waals surface area contributed by atoms with Gasteiger partial charge in [0.05, 0.1) is 12.2 Å². The predicted octanol–water partition coefficient (Wildman–Crippen LogP) is 4.82. The Morgan fingerprint density at radius 2 is 1.90 bits per heavy atom. The zero-order chi connectivity index (χ0) is 14.5. The van der Waals surface area contributed by atoms with E-state index in [1.165, 1.54) is 0 Å². The molecule has 0 aromatic heterocycles. The average molecular weight is 309 g/mol. The Bertz CT molecular complexity index is 624. The van der Waals surface area contributed by atoms with Crippen LogP contribution in [-0.4, -0.2) is 12.4 Å². The molecule has 0 saturated carbocycles. The number of carbonyl (C=O) groups excluding carboxylic acids is 1. The highest BCUT2D eigenvalue weighted by Gasteiger charge is 2.14. The van der Waals surface area contributed by atoms with Gasteiger partial charge in [-0.25, -0.2) is 0 Å². The molecule has 0 saturated heterocycles. The van der Waals surface area contributed by atoms with Crippen molar-refractivity contribution < 1.29 is 9.53 Å². The maximum absolute atomic E-state index is 12.4. The van der Waals surface area contributed by atoms with Crippen molar-refractivity contribution in [3.63, 3.8) is 0 Å². The summed E-state index contributed by atoms with van der Waals surface area (Å²) in [5.74, 6) is 0.573. The number of hydrogen-bond acceptors (Lipinski definition) is 2. The van der Waals surface area contributed by atoms with E-state index in [9.17, 15) is 4.79 Å². The Morgan fingerprint density at radius 1 is 1.15 bits per heavy atom. The Kier molecular flexibility index (Phi) is 5.05. The van der Waals surface area contributed by atoms with Crippen molar-refractivity contribution >= 4 is 29.0 Å². The SMILES string of the molecule is CCOc1ccccc1C(=O)Cc1ccc(Cl)cc1Cl. The Labute approximate surface area is 128 Å². The van der Waals surface area contributed by atoms with Crippen LogP contribution in [0, 0.1) is 0 Å². The summed E-state index contributed by atoms with van der Waals surface area (Å²) < 4.78 is 5.47. The van der Waals surface area contributed by atoms with Crippen molar-refractivity contribution in [2.75, 3.05) is 6.61 Å². The minimum atomic E-state index is -0.0294. The van der Waals surface area contributed by atoms with Gasteiger partial charge in [-0.15, -0.1) is 0 Å². The Balaban J connectivity index is 2.24. The van der Waals surface area contributed by atoms with Gasteiger partial charge in [-0.2, -0.15) is 0 Å². The standard InChI is InChI=1S/C16H14Cl2O2/c1-2-20-16-6-4-3-5-13(16)15(19)9-11-7-8-12(17)10-14(11)18/h3-8,10H,2,9H2,1H3. The van der Waals surface area contributed by atoms with Crippen LogP contribution in [0.5, 0.6) is 5.75 Å². The predicted molar refractivity (Wildman–Crippen MR) is 82.1 cm³/mol. The summed E-state index contributed by atoms with van der Waals surface area (Å²) in [4.78, 5) is 12.4. The largest absolute Gasteiger partial charge is 0.493 e. The molecular weight excluding hydrogens is 295 g/mol. The molecule has 0 fully saturated rings. The number of ether oxygens (including phenoxy) is 1. The molecule has 0 radical (unpaired) electrons.